The Hall–Kier alpha value is -1.57. The molecule has 110 valence electrons. The molecule has 0 radical (unpaired) electrons. The number of hydrogen-bond donors (Lipinski definition) is 1. The summed E-state index contributed by atoms with van der Waals surface area (Å²) in [5.41, 5.74) is 0. The maximum atomic E-state index is 11.7. The highest BCUT2D eigenvalue weighted by Gasteiger charge is 2.37. The molecule has 1 atom stereocenters. The predicted molar refractivity (Wildman–Crippen MR) is 64.7 cm³/mol. The first-order valence-corrected chi connectivity index (χ1v) is 6.46. The van der Waals surface area contributed by atoms with Crippen molar-refractivity contribution in [3.63, 3.8) is 0 Å². The van der Waals surface area contributed by atoms with Gasteiger partial charge in [-0.1, -0.05) is 0 Å². The summed E-state index contributed by atoms with van der Waals surface area (Å²) in [6, 6.07) is -0.579. The lowest BCUT2D eigenvalue weighted by Crippen LogP contribution is -2.41. The molecule has 0 aromatic rings. The van der Waals surface area contributed by atoms with E-state index in [9.17, 15) is 10.0 Å². The largest absolute Gasteiger partial charge is 0.569 e. The van der Waals surface area contributed by atoms with Gasteiger partial charge in [0.2, 0.25) is 5.28 Å². The Morgan fingerprint density at radius 3 is 3.00 bits per heavy atom. The average Bonchev–Trinajstić information content (AvgIpc) is 2.91. The fourth-order valence-corrected chi connectivity index (χ4v) is 1.92. The first-order valence-electron chi connectivity index (χ1n) is 6.46. The van der Waals surface area contributed by atoms with Crippen molar-refractivity contribution < 1.29 is 24.4 Å². The maximum Gasteiger partial charge on any atom is 0.334 e. The van der Waals surface area contributed by atoms with E-state index >= 15 is 0 Å². The summed E-state index contributed by atoms with van der Waals surface area (Å²) in [6.45, 7) is 0.926. The second-order valence-corrected chi connectivity index (χ2v) is 4.30. The molecule has 0 saturated carbocycles. The molecule has 0 amide bonds. The molecule has 0 aromatic carbocycles. The van der Waals surface area contributed by atoms with E-state index in [1.54, 1.807) is 0 Å². The number of methoxy groups -OCH3 is 1. The van der Waals surface area contributed by atoms with Crippen LogP contribution < -0.4 is 0 Å². The lowest BCUT2D eigenvalue weighted by Gasteiger charge is -2.17. The number of esters is 1. The van der Waals surface area contributed by atoms with Gasteiger partial charge in [0.25, 0.3) is 0 Å². The van der Waals surface area contributed by atoms with Crippen molar-refractivity contribution in [1.82, 2.24) is 5.01 Å². The van der Waals surface area contributed by atoms with Gasteiger partial charge in [0.05, 0.1) is 18.6 Å². The molecule has 0 aliphatic carbocycles. The zero-order chi connectivity index (χ0) is 14.1. The van der Waals surface area contributed by atoms with Crippen molar-refractivity contribution in [1.29, 1.82) is 0 Å². The molecule has 1 aliphatic rings. The van der Waals surface area contributed by atoms with E-state index < -0.39 is 12.0 Å². The van der Waals surface area contributed by atoms with Crippen LogP contribution in [-0.2, 0) is 14.4 Å². The molecule has 0 spiro atoms. The van der Waals surface area contributed by atoms with Gasteiger partial charge in [-0.2, -0.15) is 0 Å². The van der Waals surface area contributed by atoms with E-state index in [-0.39, 0.29) is 6.61 Å². The van der Waals surface area contributed by atoms with Gasteiger partial charge in [0, 0.05) is 6.61 Å². The van der Waals surface area contributed by atoms with Gasteiger partial charge in [-0.15, -0.1) is 5.01 Å². The van der Waals surface area contributed by atoms with Crippen LogP contribution in [0.25, 0.3) is 0 Å². The second-order valence-electron chi connectivity index (χ2n) is 4.30. The van der Waals surface area contributed by atoms with Crippen molar-refractivity contribution in [2.75, 3.05) is 26.9 Å². The Bertz CT molecular complexity index is 311. The Labute approximate surface area is 112 Å². The van der Waals surface area contributed by atoms with Gasteiger partial charge in [0.15, 0.2) is 6.04 Å². The highest BCUT2D eigenvalue weighted by Crippen LogP contribution is 2.18. The van der Waals surface area contributed by atoms with Crippen LogP contribution in [0.2, 0.25) is 0 Å². The average molecular weight is 275 g/mol. The molecule has 8 heteroatoms. The van der Waals surface area contributed by atoms with E-state index in [2.05, 4.69) is 10.0 Å². The molecule has 1 rings (SSSR count). The van der Waals surface area contributed by atoms with Gasteiger partial charge in [-0.05, 0) is 32.1 Å². The SMILES string of the molecule is COC(=O)[C@@H]1CCCN1[N+]([O-])=NOCCCCCO. The summed E-state index contributed by atoms with van der Waals surface area (Å²) in [4.78, 5) is 16.6. The molecule has 1 heterocycles. The minimum Gasteiger partial charge on any atom is -0.569 e. The van der Waals surface area contributed by atoms with Crippen molar-refractivity contribution in [2.45, 2.75) is 38.1 Å². The summed E-state index contributed by atoms with van der Waals surface area (Å²) in [7, 11) is 1.29. The summed E-state index contributed by atoms with van der Waals surface area (Å²) in [6.07, 6.45) is 3.57. The molecule has 1 fully saturated rings. The zero-order valence-corrected chi connectivity index (χ0v) is 11.2. The van der Waals surface area contributed by atoms with E-state index in [1.165, 1.54) is 12.1 Å². The molecule has 1 saturated heterocycles. The van der Waals surface area contributed by atoms with Crippen molar-refractivity contribution in [3.8, 4) is 0 Å². The number of unbranched alkanes of at least 4 members (excludes halogenated alkanes) is 2. The van der Waals surface area contributed by atoms with Crippen molar-refractivity contribution in [2.24, 2.45) is 5.28 Å². The summed E-state index contributed by atoms with van der Waals surface area (Å²) in [5, 5.41) is 24.9. The van der Waals surface area contributed by atoms with Gasteiger partial charge in [-0.25, -0.2) is 4.79 Å². The van der Waals surface area contributed by atoms with Crippen molar-refractivity contribution >= 4 is 5.97 Å². The number of hydrazine groups is 1. The van der Waals surface area contributed by atoms with Crippen LogP contribution in [0.3, 0.4) is 0 Å². The van der Waals surface area contributed by atoms with Gasteiger partial charge in [0.1, 0.15) is 6.61 Å². The minimum atomic E-state index is -0.579. The molecule has 0 unspecified atom stereocenters. The third-order valence-corrected chi connectivity index (χ3v) is 2.94. The predicted octanol–water partition coefficient (Wildman–Crippen LogP) is 0.595. The zero-order valence-electron chi connectivity index (χ0n) is 11.2. The highest BCUT2D eigenvalue weighted by molar-refractivity contribution is 5.75. The topological polar surface area (TPSA) is 97.4 Å². The fourth-order valence-electron chi connectivity index (χ4n) is 1.92. The summed E-state index contributed by atoms with van der Waals surface area (Å²) in [5.74, 6) is -0.434. The summed E-state index contributed by atoms with van der Waals surface area (Å²) >= 11 is 0. The van der Waals surface area contributed by atoms with Crippen LogP contribution >= 0.6 is 0 Å². The first-order chi connectivity index (χ1) is 9.20. The lowest BCUT2D eigenvalue weighted by atomic mass is 10.2. The van der Waals surface area contributed by atoms with E-state index in [0.29, 0.717) is 31.0 Å². The number of hydrogen-bond acceptors (Lipinski definition) is 6. The maximum absolute atomic E-state index is 11.7. The number of aliphatic hydroxyl groups is 1. The number of aliphatic hydroxyl groups excluding tert-OH is 1. The molecule has 1 N–H and O–H groups in total. The smallest absolute Gasteiger partial charge is 0.334 e. The number of rotatable bonds is 8. The van der Waals surface area contributed by atoms with Crippen LogP contribution in [0.4, 0.5) is 0 Å². The van der Waals surface area contributed by atoms with Crippen LogP contribution in [0, 0.1) is 5.21 Å². The number of carbonyl (C=O) groups excluding carboxylic acids is 1. The van der Waals surface area contributed by atoms with E-state index in [1.807, 2.05) is 0 Å². The third-order valence-electron chi connectivity index (χ3n) is 2.94. The molecular formula is C11H21N3O5. The molecule has 19 heavy (non-hydrogen) atoms. The molecule has 0 aromatic heterocycles. The van der Waals surface area contributed by atoms with Gasteiger partial charge in [-0.3, -0.25) is 0 Å². The first kappa shape index (κ1) is 15.5. The van der Waals surface area contributed by atoms with E-state index in [4.69, 9.17) is 9.94 Å². The van der Waals surface area contributed by atoms with Crippen molar-refractivity contribution in [3.05, 3.63) is 5.21 Å². The molecule has 8 nitrogen and oxygen atoms in total. The molecule has 1 aliphatic heterocycles. The van der Waals surface area contributed by atoms with Gasteiger partial charge >= 0.3 is 5.97 Å². The molecule has 0 bridgehead atoms. The quantitative estimate of drug-likeness (QED) is 0.229. The fraction of sp³-hybridized carbons (Fsp3) is 0.909. The van der Waals surface area contributed by atoms with Crippen LogP contribution in [-0.4, -0.2) is 54.0 Å². The standard InChI is InChI=1S/C11H21N3O5/c1-18-11(16)10-6-5-7-13(10)14(17)12-19-9-4-2-3-8-15/h10,15H,2-9H2,1H3/t10-/m0/s1. The number of carbonyl (C=O) groups is 1. The monoisotopic (exact) mass is 275 g/mol. The highest BCUT2D eigenvalue weighted by atomic mass is 16.7. The Morgan fingerprint density at radius 2 is 2.32 bits per heavy atom. The van der Waals surface area contributed by atoms with Crippen LogP contribution in [0.1, 0.15) is 32.1 Å². The van der Waals surface area contributed by atoms with E-state index in [0.717, 1.165) is 19.3 Å². The van der Waals surface area contributed by atoms with Gasteiger partial charge < -0.3 is 19.9 Å². The van der Waals surface area contributed by atoms with Crippen LogP contribution in [0.15, 0.2) is 5.28 Å². The Balaban J connectivity index is 2.34. The van der Waals surface area contributed by atoms with Crippen LogP contribution in [0.5, 0.6) is 0 Å². The second kappa shape index (κ2) is 8.52. The lowest BCUT2D eigenvalue weighted by molar-refractivity contribution is -0.712. The summed E-state index contributed by atoms with van der Waals surface area (Å²) < 4.78 is 4.63. The number of ether oxygens (including phenoxy) is 1. The normalized spacial score (nSPS) is 19.6. The third kappa shape index (κ3) is 4.90. The Morgan fingerprint density at radius 1 is 1.53 bits per heavy atom. The Kier molecular flexibility index (Phi) is 6.94. The number of nitrogens with zero attached hydrogens (tertiary/aromatic N) is 3. The molecular weight excluding hydrogens is 254 g/mol. The minimum absolute atomic E-state index is 0.152.